The molecule has 0 spiro atoms. The standard InChI is InChI=1S/C6H8IN3O/c7-6(11)9-5-1-2-10(3-5)4-8/h5H,1-3H2,(H,9,11). The van der Waals surface area contributed by atoms with Gasteiger partial charge in [0.1, 0.15) is 0 Å². The maximum atomic E-state index is 10.6. The second-order valence-electron chi connectivity index (χ2n) is 2.45. The molecule has 1 saturated heterocycles. The van der Waals surface area contributed by atoms with E-state index in [9.17, 15) is 4.79 Å². The quantitative estimate of drug-likeness (QED) is 0.328. The first-order valence-electron chi connectivity index (χ1n) is 3.33. The van der Waals surface area contributed by atoms with Crippen molar-refractivity contribution in [3.05, 3.63) is 0 Å². The molecule has 1 unspecified atom stereocenters. The zero-order chi connectivity index (χ0) is 8.27. The summed E-state index contributed by atoms with van der Waals surface area (Å²) in [5.41, 5.74) is 0. The zero-order valence-corrected chi connectivity index (χ0v) is 8.04. The van der Waals surface area contributed by atoms with Crippen molar-refractivity contribution in [2.45, 2.75) is 12.5 Å². The average molecular weight is 265 g/mol. The fourth-order valence-corrected chi connectivity index (χ4v) is 1.57. The summed E-state index contributed by atoms with van der Waals surface area (Å²) in [6.07, 6.45) is 2.92. The van der Waals surface area contributed by atoms with E-state index in [1.165, 1.54) is 0 Å². The lowest BCUT2D eigenvalue weighted by atomic mass is 10.3. The topological polar surface area (TPSA) is 56.1 Å². The molecule has 0 aliphatic carbocycles. The largest absolute Gasteiger partial charge is 0.343 e. The van der Waals surface area contributed by atoms with Gasteiger partial charge in [0.15, 0.2) is 6.19 Å². The highest BCUT2D eigenvalue weighted by Gasteiger charge is 2.21. The number of nitriles is 1. The van der Waals surface area contributed by atoms with Gasteiger partial charge in [0.25, 0.3) is 3.91 Å². The van der Waals surface area contributed by atoms with Crippen LogP contribution < -0.4 is 5.32 Å². The van der Waals surface area contributed by atoms with E-state index < -0.39 is 0 Å². The van der Waals surface area contributed by atoms with Crippen LogP contribution in [0.25, 0.3) is 0 Å². The van der Waals surface area contributed by atoms with E-state index in [-0.39, 0.29) is 9.96 Å². The second kappa shape index (κ2) is 3.76. The van der Waals surface area contributed by atoms with Crippen molar-refractivity contribution in [3.63, 3.8) is 0 Å². The number of hydrogen-bond acceptors (Lipinski definition) is 3. The van der Waals surface area contributed by atoms with Gasteiger partial charge in [-0.1, -0.05) is 0 Å². The van der Waals surface area contributed by atoms with Gasteiger partial charge < -0.3 is 10.2 Å². The molecule has 4 nitrogen and oxygen atoms in total. The third kappa shape index (κ3) is 2.54. The summed E-state index contributed by atoms with van der Waals surface area (Å²) in [4.78, 5) is 12.2. The van der Waals surface area contributed by atoms with Crippen LogP contribution in [0.3, 0.4) is 0 Å². The minimum absolute atomic E-state index is 0.0487. The molecule has 1 aliphatic heterocycles. The van der Waals surface area contributed by atoms with Crippen LogP contribution >= 0.6 is 22.6 Å². The summed E-state index contributed by atoms with van der Waals surface area (Å²) < 4.78 is -0.0487. The molecule has 0 aromatic rings. The predicted octanol–water partition coefficient (Wildman–Crippen LogP) is 0.686. The number of carbonyl (C=O) groups excluding carboxylic acids is 1. The summed E-state index contributed by atoms with van der Waals surface area (Å²) in [5.74, 6) is 0. The van der Waals surface area contributed by atoms with Gasteiger partial charge in [0.05, 0.1) is 0 Å². The van der Waals surface area contributed by atoms with Crippen LogP contribution in [0.2, 0.25) is 0 Å². The van der Waals surface area contributed by atoms with Crippen molar-refractivity contribution in [1.29, 1.82) is 5.26 Å². The van der Waals surface area contributed by atoms with Gasteiger partial charge in [-0.3, -0.25) is 4.79 Å². The van der Waals surface area contributed by atoms with Crippen molar-refractivity contribution >= 4 is 26.5 Å². The molecule has 0 aromatic carbocycles. The Hall–Kier alpha value is -0.510. The number of amides is 1. The smallest absolute Gasteiger partial charge is 0.280 e. The minimum Gasteiger partial charge on any atom is -0.343 e. The molecule has 0 saturated carbocycles. The Labute approximate surface area is 78.7 Å². The molecule has 11 heavy (non-hydrogen) atoms. The lowest BCUT2D eigenvalue weighted by Crippen LogP contribution is -2.32. The molecule has 1 heterocycles. The van der Waals surface area contributed by atoms with Crippen molar-refractivity contribution < 1.29 is 4.79 Å². The van der Waals surface area contributed by atoms with Gasteiger partial charge >= 0.3 is 0 Å². The van der Waals surface area contributed by atoms with Crippen LogP contribution in [0.15, 0.2) is 0 Å². The van der Waals surface area contributed by atoms with Crippen LogP contribution in [0.1, 0.15) is 6.42 Å². The molecular weight excluding hydrogens is 257 g/mol. The van der Waals surface area contributed by atoms with E-state index in [1.54, 1.807) is 27.5 Å². The van der Waals surface area contributed by atoms with Gasteiger partial charge in [-0.15, -0.1) is 0 Å². The first kappa shape index (κ1) is 8.59. The van der Waals surface area contributed by atoms with E-state index >= 15 is 0 Å². The predicted molar refractivity (Wildman–Crippen MR) is 48.1 cm³/mol. The first-order valence-corrected chi connectivity index (χ1v) is 4.41. The molecule has 1 rings (SSSR count). The van der Waals surface area contributed by atoms with Gasteiger partial charge in [-0.05, 0) is 6.42 Å². The van der Waals surface area contributed by atoms with Crippen LogP contribution in [-0.4, -0.2) is 27.9 Å². The molecule has 5 heteroatoms. The molecule has 1 atom stereocenters. The fraction of sp³-hybridized carbons (Fsp3) is 0.667. The van der Waals surface area contributed by atoms with E-state index in [1.807, 2.05) is 6.19 Å². The summed E-state index contributed by atoms with van der Waals surface area (Å²) >= 11 is 1.70. The third-order valence-electron chi connectivity index (χ3n) is 1.65. The van der Waals surface area contributed by atoms with Crippen molar-refractivity contribution in [2.75, 3.05) is 13.1 Å². The SMILES string of the molecule is N#CN1CCC(NC(=O)I)C1. The summed E-state index contributed by atoms with van der Waals surface area (Å²) in [5, 5.41) is 11.2. The van der Waals surface area contributed by atoms with Gasteiger partial charge in [0.2, 0.25) is 0 Å². The number of halogens is 1. The highest BCUT2D eigenvalue weighted by atomic mass is 127. The molecule has 0 radical (unpaired) electrons. The Kier molecular flexibility index (Phi) is 2.93. The van der Waals surface area contributed by atoms with Gasteiger partial charge in [-0.25, -0.2) is 0 Å². The molecule has 1 aliphatic rings. The normalized spacial score (nSPS) is 22.9. The highest BCUT2D eigenvalue weighted by molar-refractivity contribution is 14.1. The van der Waals surface area contributed by atoms with Gasteiger partial charge in [0, 0.05) is 41.7 Å². The van der Waals surface area contributed by atoms with Crippen LogP contribution in [0.4, 0.5) is 4.79 Å². The lowest BCUT2D eigenvalue weighted by Gasteiger charge is -2.08. The fourth-order valence-electron chi connectivity index (χ4n) is 1.13. The van der Waals surface area contributed by atoms with E-state index in [4.69, 9.17) is 5.26 Å². The second-order valence-corrected chi connectivity index (χ2v) is 3.43. The van der Waals surface area contributed by atoms with Crippen LogP contribution in [-0.2, 0) is 0 Å². The number of hydrogen-bond donors (Lipinski definition) is 1. The summed E-state index contributed by atoms with van der Waals surface area (Å²) in [6, 6.07) is 0.166. The highest BCUT2D eigenvalue weighted by Crippen LogP contribution is 2.07. The summed E-state index contributed by atoms with van der Waals surface area (Å²) in [7, 11) is 0. The molecule has 1 fully saturated rings. The van der Waals surface area contributed by atoms with Gasteiger partial charge in [-0.2, -0.15) is 5.26 Å². The van der Waals surface area contributed by atoms with E-state index in [0.29, 0.717) is 6.54 Å². The number of likely N-dealkylation sites (tertiary alicyclic amines) is 1. The average Bonchev–Trinajstić information content (AvgIpc) is 2.34. The van der Waals surface area contributed by atoms with Crippen molar-refractivity contribution in [1.82, 2.24) is 10.2 Å². The van der Waals surface area contributed by atoms with E-state index in [0.717, 1.165) is 13.0 Å². The van der Waals surface area contributed by atoms with E-state index in [2.05, 4.69) is 5.32 Å². The number of nitrogens with one attached hydrogen (secondary N) is 1. The number of carbonyl (C=O) groups is 1. The Morgan fingerprint density at radius 2 is 2.55 bits per heavy atom. The zero-order valence-electron chi connectivity index (χ0n) is 5.88. The number of nitrogens with zero attached hydrogens (tertiary/aromatic N) is 2. The molecule has 60 valence electrons. The Morgan fingerprint density at radius 3 is 3.00 bits per heavy atom. The monoisotopic (exact) mass is 265 g/mol. The first-order chi connectivity index (χ1) is 5.22. The molecule has 1 amide bonds. The maximum absolute atomic E-state index is 10.6. The molecule has 1 N–H and O–H groups in total. The van der Waals surface area contributed by atoms with Crippen LogP contribution in [0.5, 0.6) is 0 Å². The van der Waals surface area contributed by atoms with Crippen molar-refractivity contribution in [2.24, 2.45) is 0 Å². The number of rotatable bonds is 1. The Bertz CT molecular complexity index is 200. The van der Waals surface area contributed by atoms with Crippen molar-refractivity contribution in [3.8, 4) is 6.19 Å². The Morgan fingerprint density at radius 1 is 1.82 bits per heavy atom. The maximum Gasteiger partial charge on any atom is 0.280 e. The lowest BCUT2D eigenvalue weighted by molar-refractivity contribution is 0.260. The Balaban J connectivity index is 2.31. The molecule has 0 aromatic heterocycles. The third-order valence-corrected chi connectivity index (χ3v) is 1.96. The van der Waals surface area contributed by atoms with Crippen LogP contribution in [0, 0.1) is 11.5 Å². The molecule has 0 bridgehead atoms. The summed E-state index contributed by atoms with van der Waals surface area (Å²) in [6.45, 7) is 1.42. The molecular formula is C6H8IN3O. The minimum atomic E-state index is -0.0487.